The van der Waals surface area contributed by atoms with Gasteiger partial charge < -0.3 is 14.6 Å². The van der Waals surface area contributed by atoms with Crippen molar-refractivity contribution in [3.8, 4) is 0 Å². The van der Waals surface area contributed by atoms with E-state index in [1.54, 1.807) is 0 Å². The standard InChI is InChI=1S/C15H25N3O/c1-17-7-3-4-12(9-17)8-13-10-18-14(11-19)5-2-6-15(18)16-13/h10,12,14,19H,2-9,11H2,1H3. The first-order chi connectivity index (χ1) is 9.26. The average Bonchev–Trinajstić information content (AvgIpc) is 2.80. The van der Waals surface area contributed by atoms with Crippen LogP contribution in [0.3, 0.4) is 0 Å². The van der Waals surface area contributed by atoms with Gasteiger partial charge in [-0.05, 0) is 51.6 Å². The largest absolute Gasteiger partial charge is 0.394 e. The normalized spacial score (nSPS) is 28.3. The maximum atomic E-state index is 9.45. The molecule has 0 radical (unpaired) electrons. The number of aliphatic hydroxyl groups excluding tert-OH is 1. The molecule has 0 aromatic carbocycles. The number of fused-ring (bicyclic) bond motifs is 1. The topological polar surface area (TPSA) is 41.3 Å². The first-order valence-electron chi connectivity index (χ1n) is 7.62. The summed E-state index contributed by atoms with van der Waals surface area (Å²) in [5.41, 5.74) is 1.23. The fourth-order valence-electron chi connectivity index (χ4n) is 3.64. The van der Waals surface area contributed by atoms with Crippen LogP contribution in [0, 0.1) is 5.92 Å². The Morgan fingerprint density at radius 2 is 2.26 bits per heavy atom. The summed E-state index contributed by atoms with van der Waals surface area (Å²) in [5.74, 6) is 1.94. The van der Waals surface area contributed by atoms with Gasteiger partial charge in [-0.1, -0.05) is 0 Å². The Balaban J connectivity index is 1.70. The molecular formula is C15H25N3O. The second kappa shape index (κ2) is 5.63. The van der Waals surface area contributed by atoms with Crippen LogP contribution in [0.1, 0.15) is 43.2 Å². The summed E-state index contributed by atoms with van der Waals surface area (Å²) < 4.78 is 2.23. The van der Waals surface area contributed by atoms with E-state index < -0.39 is 0 Å². The molecule has 0 saturated carbocycles. The van der Waals surface area contributed by atoms with E-state index in [4.69, 9.17) is 4.98 Å². The highest BCUT2D eigenvalue weighted by Crippen LogP contribution is 2.26. The number of rotatable bonds is 3. The van der Waals surface area contributed by atoms with Crippen LogP contribution >= 0.6 is 0 Å². The Morgan fingerprint density at radius 3 is 3.05 bits per heavy atom. The monoisotopic (exact) mass is 263 g/mol. The molecule has 4 nitrogen and oxygen atoms in total. The quantitative estimate of drug-likeness (QED) is 0.901. The molecule has 106 valence electrons. The van der Waals surface area contributed by atoms with Gasteiger partial charge in [-0.25, -0.2) is 4.98 Å². The summed E-state index contributed by atoms with van der Waals surface area (Å²) in [7, 11) is 2.21. The van der Waals surface area contributed by atoms with Crippen LogP contribution < -0.4 is 0 Å². The molecule has 1 fully saturated rings. The molecule has 0 amide bonds. The Kier molecular flexibility index (Phi) is 3.89. The molecule has 1 aromatic rings. The molecule has 2 unspecified atom stereocenters. The van der Waals surface area contributed by atoms with Crippen LogP contribution in [0.4, 0.5) is 0 Å². The van der Waals surface area contributed by atoms with Crippen LogP contribution in [-0.2, 0) is 12.8 Å². The van der Waals surface area contributed by atoms with E-state index in [9.17, 15) is 5.11 Å². The van der Waals surface area contributed by atoms with Gasteiger partial charge in [-0.3, -0.25) is 0 Å². The first-order valence-corrected chi connectivity index (χ1v) is 7.62. The molecule has 1 N–H and O–H groups in total. The Labute approximate surface area is 115 Å². The van der Waals surface area contributed by atoms with Crippen molar-refractivity contribution in [2.45, 2.75) is 44.6 Å². The lowest BCUT2D eigenvalue weighted by Crippen LogP contribution is -2.33. The Bertz CT molecular complexity index is 429. The average molecular weight is 263 g/mol. The number of likely N-dealkylation sites (tertiary alicyclic amines) is 1. The summed E-state index contributed by atoms with van der Waals surface area (Å²) in [6.45, 7) is 2.68. The zero-order valence-corrected chi connectivity index (χ0v) is 11.9. The van der Waals surface area contributed by atoms with Crippen LogP contribution in [0.5, 0.6) is 0 Å². The predicted octanol–water partition coefficient (Wildman–Crippen LogP) is 1.64. The number of piperidine rings is 1. The van der Waals surface area contributed by atoms with Gasteiger partial charge in [0, 0.05) is 19.2 Å². The van der Waals surface area contributed by atoms with Crippen LogP contribution in [-0.4, -0.2) is 46.3 Å². The van der Waals surface area contributed by atoms with Crippen molar-refractivity contribution in [3.05, 3.63) is 17.7 Å². The molecule has 0 aliphatic carbocycles. The van der Waals surface area contributed by atoms with Crippen molar-refractivity contribution in [2.24, 2.45) is 5.92 Å². The third kappa shape index (κ3) is 2.84. The number of aromatic nitrogens is 2. The van der Waals surface area contributed by atoms with Crippen molar-refractivity contribution in [1.29, 1.82) is 0 Å². The highest BCUT2D eigenvalue weighted by Gasteiger charge is 2.23. The zero-order chi connectivity index (χ0) is 13.2. The third-order valence-corrected chi connectivity index (χ3v) is 4.62. The Morgan fingerprint density at radius 1 is 1.37 bits per heavy atom. The summed E-state index contributed by atoms with van der Waals surface area (Å²) in [4.78, 5) is 7.23. The van der Waals surface area contributed by atoms with Crippen LogP contribution in [0.25, 0.3) is 0 Å². The summed E-state index contributed by atoms with van der Waals surface area (Å²) in [5, 5.41) is 9.45. The van der Waals surface area contributed by atoms with Crippen molar-refractivity contribution < 1.29 is 5.11 Å². The van der Waals surface area contributed by atoms with E-state index in [0.717, 1.165) is 31.6 Å². The lowest BCUT2D eigenvalue weighted by molar-refractivity contribution is 0.205. The van der Waals surface area contributed by atoms with Crippen LogP contribution in [0.15, 0.2) is 6.20 Å². The molecule has 3 rings (SSSR count). The lowest BCUT2D eigenvalue weighted by atomic mass is 9.94. The number of imidazole rings is 1. The first kappa shape index (κ1) is 13.1. The highest BCUT2D eigenvalue weighted by atomic mass is 16.3. The molecule has 1 aromatic heterocycles. The maximum Gasteiger partial charge on any atom is 0.109 e. The molecule has 2 aliphatic heterocycles. The van der Waals surface area contributed by atoms with E-state index in [-0.39, 0.29) is 12.6 Å². The summed E-state index contributed by atoms with van der Waals surface area (Å²) >= 11 is 0. The Hall–Kier alpha value is -0.870. The highest BCUT2D eigenvalue weighted by molar-refractivity contribution is 5.09. The second-order valence-electron chi connectivity index (χ2n) is 6.26. The van der Waals surface area contributed by atoms with E-state index in [0.29, 0.717) is 0 Å². The molecule has 3 heterocycles. The predicted molar refractivity (Wildman–Crippen MR) is 75.2 cm³/mol. The van der Waals surface area contributed by atoms with E-state index >= 15 is 0 Å². The number of aryl methyl sites for hydroxylation is 1. The third-order valence-electron chi connectivity index (χ3n) is 4.62. The van der Waals surface area contributed by atoms with Crippen LogP contribution in [0.2, 0.25) is 0 Å². The summed E-state index contributed by atoms with van der Waals surface area (Å²) in [6.07, 6.45) is 9.26. The smallest absolute Gasteiger partial charge is 0.109 e. The number of hydrogen-bond acceptors (Lipinski definition) is 3. The molecule has 4 heteroatoms. The van der Waals surface area contributed by atoms with E-state index in [1.165, 1.54) is 37.4 Å². The fourth-order valence-corrected chi connectivity index (χ4v) is 3.64. The maximum absolute atomic E-state index is 9.45. The van der Waals surface area contributed by atoms with Gasteiger partial charge in [0.2, 0.25) is 0 Å². The SMILES string of the molecule is CN1CCCC(Cc2cn3c(n2)CCCC3CO)C1. The van der Waals surface area contributed by atoms with Gasteiger partial charge in [0.05, 0.1) is 18.3 Å². The van der Waals surface area contributed by atoms with Crippen molar-refractivity contribution in [1.82, 2.24) is 14.5 Å². The molecular weight excluding hydrogens is 238 g/mol. The molecule has 2 atom stereocenters. The minimum absolute atomic E-state index is 0.245. The molecule has 1 saturated heterocycles. The molecule has 0 spiro atoms. The van der Waals surface area contributed by atoms with Gasteiger partial charge >= 0.3 is 0 Å². The van der Waals surface area contributed by atoms with Gasteiger partial charge in [-0.15, -0.1) is 0 Å². The number of hydrogen-bond donors (Lipinski definition) is 1. The number of aliphatic hydroxyl groups is 1. The van der Waals surface area contributed by atoms with E-state index in [2.05, 4.69) is 22.7 Å². The minimum Gasteiger partial charge on any atom is -0.394 e. The van der Waals surface area contributed by atoms with Crippen molar-refractivity contribution >= 4 is 0 Å². The van der Waals surface area contributed by atoms with Gasteiger partial charge in [-0.2, -0.15) is 0 Å². The van der Waals surface area contributed by atoms with Gasteiger partial charge in [0.15, 0.2) is 0 Å². The van der Waals surface area contributed by atoms with E-state index in [1.807, 2.05) is 0 Å². The van der Waals surface area contributed by atoms with Gasteiger partial charge in [0.25, 0.3) is 0 Å². The second-order valence-corrected chi connectivity index (χ2v) is 6.26. The zero-order valence-electron chi connectivity index (χ0n) is 11.9. The molecule has 2 aliphatic rings. The summed E-state index contributed by atoms with van der Waals surface area (Å²) in [6, 6.07) is 0.263. The van der Waals surface area contributed by atoms with Crippen molar-refractivity contribution in [3.63, 3.8) is 0 Å². The molecule has 0 bridgehead atoms. The van der Waals surface area contributed by atoms with Gasteiger partial charge in [0.1, 0.15) is 5.82 Å². The lowest BCUT2D eigenvalue weighted by Gasteiger charge is -2.29. The number of nitrogens with zero attached hydrogens (tertiary/aromatic N) is 3. The fraction of sp³-hybridized carbons (Fsp3) is 0.800. The van der Waals surface area contributed by atoms with Crippen molar-refractivity contribution in [2.75, 3.05) is 26.7 Å². The minimum atomic E-state index is 0.245. The molecule has 19 heavy (non-hydrogen) atoms.